The van der Waals surface area contributed by atoms with Gasteiger partial charge >= 0.3 is 0 Å². The van der Waals surface area contributed by atoms with E-state index in [1.165, 1.54) is 0 Å². The minimum atomic E-state index is -0.0624. The van der Waals surface area contributed by atoms with Crippen LogP contribution in [0.4, 0.5) is 0 Å². The number of ketones is 1. The van der Waals surface area contributed by atoms with E-state index < -0.39 is 0 Å². The van der Waals surface area contributed by atoms with Gasteiger partial charge in [0.25, 0.3) is 0 Å². The molecule has 1 unspecified atom stereocenters. The van der Waals surface area contributed by atoms with Gasteiger partial charge in [0.15, 0.2) is 5.78 Å². The topological polar surface area (TPSA) is 35.5 Å². The van der Waals surface area contributed by atoms with Crippen molar-refractivity contribution in [2.75, 3.05) is 20.8 Å². The van der Waals surface area contributed by atoms with Gasteiger partial charge in [-0.3, -0.25) is 4.79 Å². The first kappa shape index (κ1) is 12.9. The molecule has 16 heavy (non-hydrogen) atoms. The molecule has 3 heteroatoms. The highest BCUT2D eigenvalue weighted by atomic mass is 16.5. The van der Waals surface area contributed by atoms with E-state index >= 15 is 0 Å². The second-order valence-corrected chi connectivity index (χ2v) is 3.63. The number of carbonyl (C=O) groups excluding carboxylic acids is 1. The van der Waals surface area contributed by atoms with Crippen LogP contribution in [0, 0.1) is 0 Å². The zero-order valence-corrected chi connectivity index (χ0v) is 9.81. The largest absolute Gasteiger partial charge is 0.385 e. The first-order valence-corrected chi connectivity index (χ1v) is 5.38. The molecule has 88 valence electrons. The lowest BCUT2D eigenvalue weighted by atomic mass is 10.0. The Bertz CT molecular complexity index is 308. The minimum Gasteiger partial charge on any atom is -0.385 e. The van der Waals surface area contributed by atoms with Gasteiger partial charge in [-0.15, -0.1) is 0 Å². The lowest BCUT2D eigenvalue weighted by Crippen LogP contribution is -2.18. The van der Waals surface area contributed by atoms with Crippen molar-refractivity contribution in [3.8, 4) is 0 Å². The molecule has 0 spiro atoms. The summed E-state index contributed by atoms with van der Waals surface area (Å²) in [4.78, 5) is 11.9. The molecule has 3 nitrogen and oxygen atoms in total. The van der Waals surface area contributed by atoms with E-state index in [-0.39, 0.29) is 11.9 Å². The molecule has 0 radical (unpaired) electrons. The quantitative estimate of drug-likeness (QED) is 0.664. The fourth-order valence-electron chi connectivity index (χ4n) is 1.50. The minimum absolute atomic E-state index is 0.0624. The van der Waals surface area contributed by atoms with Gasteiger partial charge in [0.05, 0.1) is 6.10 Å². The molecule has 0 heterocycles. The van der Waals surface area contributed by atoms with E-state index in [4.69, 9.17) is 9.47 Å². The van der Waals surface area contributed by atoms with Crippen LogP contribution in [0.25, 0.3) is 0 Å². The van der Waals surface area contributed by atoms with E-state index in [0.717, 1.165) is 12.0 Å². The van der Waals surface area contributed by atoms with Crippen molar-refractivity contribution in [3.63, 3.8) is 0 Å². The van der Waals surface area contributed by atoms with E-state index in [1.54, 1.807) is 14.2 Å². The Morgan fingerprint density at radius 1 is 1.25 bits per heavy atom. The first-order valence-electron chi connectivity index (χ1n) is 5.38. The van der Waals surface area contributed by atoms with Crippen LogP contribution in [0.5, 0.6) is 0 Å². The van der Waals surface area contributed by atoms with E-state index in [9.17, 15) is 4.79 Å². The third-order valence-corrected chi connectivity index (χ3v) is 2.49. The molecule has 0 saturated heterocycles. The molecule has 1 aromatic carbocycles. The predicted molar refractivity (Wildman–Crippen MR) is 62.7 cm³/mol. The highest BCUT2D eigenvalue weighted by molar-refractivity contribution is 5.96. The maximum atomic E-state index is 11.9. The fourth-order valence-corrected chi connectivity index (χ4v) is 1.50. The summed E-state index contributed by atoms with van der Waals surface area (Å²) < 4.78 is 10.2. The fraction of sp³-hybridized carbons (Fsp3) is 0.462. The van der Waals surface area contributed by atoms with Crippen LogP contribution in [-0.2, 0) is 9.47 Å². The number of rotatable bonds is 7. The highest BCUT2D eigenvalue weighted by Gasteiger charge is 2.14. The molecule has 0 aliphatic carbocycles. The summed E-state index contributed by atoms with van der Waals surface area (Å²) in [5.41, 5.74) is 0.738. The van der Waals surface area contributed by atoms with Crippen LogP contribution < -0.4 is 0 Å². The Hall–Kier alpha value is -1.19. The Balaban J connectivity index is 2.49. The zero-order valence-electron chi connectivity index (χ0n) is 9.81. The smallest absolute Gasteiger partial charge is 0.165 e. The molecule has 0 fully saturated rings. The maximum absolute atomic E-state index is 11.9. The molecule has 0 aromatic heterocycles. The van der Waals surface area contributed by atoms with Gasteiger partial charge in [-0.25, -0.2) is 0 Å². The van der Waals surface area contributed by atoms with Crippen LogP contribution in [0.3, 0.4) is 0 Å². The number of methoxy groups -OCH3 is 2. The van der Waals surface area contributed by atoms with Gasteiger partial charge < -0.3 is 9.47 Å². The van der Waals surface area contributed by atoms with Gasteiger partial charge in [0.2, 0.25) is 0 Å². The molecule has 0 saturated carbocycles. The summed E-state index contributed by atoms with van der Waals surface area (Å²) in [5, 5.41) is 0. The number of benzene rings is 1. The van der Waals surface area contributed by atoms with Gasteiger partial charge in [-0.1, -0.05) is 30.3 Å². The summed E-state index contributed by atoms with van der Waals surface area (Å²) in [6.07, 6.45) is 1.09. The monoisotopic (exact) mass is 222 g/mol. The van der Waals surface area contributed by atoms with Crippen LogP contribution in [-0.4, -0.2) is 32.7 Å². The molecule has 1 rings (SSSR count). The average molecular weight is 222 g/mol. The van der Waals surface area contributed by atoms with Crippen molar-refractivity contribution in [1.82, 2.24) is 0 Å². The average Bonchev–Trinajstić information content (AvgIpc) is 2.35. The second kappa shape index (κ2) is 7.14. The van der Waals surface area contributed by atoms with Gasteiger partial charge in [0, 0.05) is 32.8 Å². The van der Waals surface area contributed by atoms with Crippen molar-refractivity contribution < 1.29 is 14.3 Å². The Morgan fingerprint density at radius 3 is 2.50 bits per heavy atom. The first-order chi connectivity index (χ1) is 7.77. The van der Waals surface area contributed by atoms with Crippen molar-refractivity contribution in [1.29, 1.82) is 0 Å². The lowest BCUT2D eigenvalue weighted by molar-refractivity contribution is 0.0545. The summed E-state index contributed by atoms with van der Waals surface area (Å²) in [6, 6.07) is 9.28. The molecule has 1 atom stereocenters. The number of ether oxygens (including phenoxy) is 2. The SMILES string of the molecule is COCCC(CC(=O)c1ccccc1)OC. The highest BCUT2D eigenvalue weighted by Crippen LogP contribution is 2.09. The molecule has 0 aliphatic heterocycles. The van der Waals surface area contributed by atoms with Crippen molar-refractivity contribution in [3.05, 3.63) is 35.9 Å². The van der Waals surface area contributed by atoms with Crippen molar-refractivity contribution >= 4 is 5.78 Å². The van der Waals surface area contributed by atoms with Crippen molar-refractivity contribution in [2.24, 2.45) is 0 Å². The number of hydrogen-bond donors (Lipinski definition) is 0. The van der Waals surface area contributed by atoms with Crippen LogP contribution >= 0.6 is 0 Å². The van der Waals surface area contributed by atoms with Crippen LogP contribution in [0.2, 0.25) is 0 Å². The molecule has 0 bridgehead atoms. The third kappa shape index (κ3) is 4.13. The summed E-state index contributed by atoms with van der Waals surface area (Å²) >= 11 is 0. The molecule has 0 amide bonds. The molecular weight excluding hydrogens is 204 g/mol. The van der Waals surface area contributed by atoms with E-state index in [1.807, 2.05) is 30.3 Å². The normalized spacial score (nSPS) is 12.4. The Labute approximate surface area is 96.4 Å². The van der Waals surface area contributed by atoms with Crippen LogP contribution in [0.15, 0.2) is 30.3 Å². The number of hydrogen-bond acceptors (Lipinski definition) is 3. The Morgan fingerprint density at radius 2 is 1.94 bits per heavy atom. The van der Waals surface area contributed by atoms with E-state index in [2.05, 4.69) is 0 Å². The van der Waals surface area contributed by atoms with Gasteiger partial charge in [0.1, 0.15) is 0 Å². The molecule has 0 aliphatic rings. The number of Topliss-reactive ketones (excluding diaryl/α,β-unsaturated/α-hetero) is 1. The third-order valence-electron chi connectivity index (χ3n) is 2.49. The van der Waals surface area contributed by atoms with Gasteiger partial charge in [-0.05, 0) is 6.42 Å². The lowest BCUT2D eigenvalue weighted by Gasteiger charge is -2.13. The molecular formula is C13H18O3. The maximum Gasteiger partial charge on any atom is 0.165 e. The summed E-state index contributed by atoms with van der Waals surface area (Å²) in [7, 11) is 3.27. The second-order valence-electron chi connectivity index (χ2n) is 3.63. The van der Waals surface area contributed by atoms with E-state index in [0.29, 0.717) is 13.0 Å². The van der Waals surface area contributed by atoms with Gasteiger partial charge in [-0.2, -0.15) is 0 Å². The Kier molecular flexibility index (Phi) is 5.75. The zero-order chi connectivity index (χ0) is 11.8. The predicted octanol–water partition coefficient (Wildman–Crippen LogP) is 2.31. The summed E-state index contributed by atoms with van der Waals surface area (Å²) in [6.45, 7) is 0.612. The molecule has 1 aromatic rings. The summed E-state index contributed by atoms with van der Waals surface area (Å²) in [5.74, 6) is 0.114. The number of carbonyl (C=O) groups is 1. The molecule has 0 N–H and O–H groups in total. The van der Waals surface area contributed by atoms with Crippen molar-refractivity contribution in [2.45, 2.75) is 18.9 Å². The van der Waals surface area contributed by atoms with Crippen LogP contribution in [0.1, 0.15) is 23.2 Å². The standard InChI is InChI=1S/C13H18O3/c1-15-9-8-12(16-2)10-13(14)11-6-4-3-5-7-11/h3-7,12H,8-10H2,1-2H3.